The van der Waals surface area contributed by atoms with E-state index in [1.54, 1.807) is 7.11 Å². The van der Waals surface area contributed by atoms with Crippen molar-refractivity contribution in [2.45, 2.75) is 6.04 Å². The molecular formula is C10H11ClN2O2. The van der Waals surface area contributed by atoms with Gasteiger partial charge in [-0.1, -0.05) is 17.7 Å². The van der Waals surface area contributed by atoms with Crippen LogP contribution in [0.3, 0.4) is 0 Å². The number of methoxy groups -OCH3 is 1. The third kappa shape index (κ3) is 1.99. The number of ether oxygens (including phenoxy) is 2. The molecule has 0 aliphatic carbocycles. The number of amidine groups is 1. The number of halogens is 1. The minimum absolute atomic E-state index is 0.0617. The van der Waals surface area contributed by atoms with E-state index < -0.39 is 0 Å². The van der Waals surface area contributed by atoms with Gasteiger partial charge in [-0.3, -0.25) is 0 Å². The summed E-state index contributed by atoms with van der Waals surface area (Å²) in [6, 6.07) is 5.69. The van der Waals surface area contributed by atoms with Crippen molar-refractivity contribution in [3.63, 3.8) is 0 Å². The highest BCUT2D eigenvalue weighted by molar-refractivity contribution is 6.32. The van der Waals surface area contributed by atoms with Crippen LogP contribution in [-0.2, 0) is 4.74 Å². The molecular weight excluding hydrogens is 216 g/mol. The molecule has 0 saturated carbocycles. The lowest BCUT2D eigenvalue weighted by molar-refractivity contribution is 0.315. The molecule has 0 fully saturated rings. The predicted molar refractivity (Wildman–Crippen MR) is 58.3 cm³/mol. The van der Waals surface area contributed by atoms with Crippen molar-refractivity contribution in [1.82, 2.24) is 0 Å². The van der Waals surface area contributed by atoms with E-state index in [0.29, 0.717) is 17.4 Å². The fraction of sp³-hybridized carbons (Fsp3) is 0.300. The Hall–Kier alpha value is -1.42. The molecule has 2 rings (SSSR count). The zero-order valence-electron chi connectivity index (χ0n) is 8.24. The highest BCUT2D eigenvalue weighted by atomic mass is 35.5. The van der Waals surface area contributed by atoms with Crippen molar-refractivity contribution in [2.75, 3.05) is 13.7 Å². The van der Waals surface area contributed by atoms with Gasteiger partial charge in [0, 0.05) is 0 Å². The van der Waals surface area contributed by atoms with Crippen molar-refractivity contribution in [3.8, 4) is 5.75 Å². The van der Waals surface area contributed by atoms with E-state index >= 15 is 0 Å². The van der Waals surface area contributed by atoms with Crippen LogP contribution >= 0.6 is 11.6 Å². The first kappa shape index (κ1) is 10.1. The van der Waals surface area contributed by atoms with Crippen LogP contribution in [0.15, 0.2) is 23.2 Å². The molecule has 1 heterocycles. The van der Waals surface area contributed by atoms with Crippen LogP contribution in [0, 0.1) is 0 Å². The molecule has 1 aliphatic rings. The molecule has 0 bridgehead atoms. The molecule has 80 valence electrons. The Morgan fingerprint density at radius 1 is 1.60 bits per heavy atom. The third-order valence-corrected chi connectivity index (χ3v) is 2.53. The number of hydrogen-bond acceptors (Lipinski definition) is 4. The van der Waals surface area contributed by atoms with Crippen LogP contribution in [-0.4, -0.2) is 19.7 Å². The molecule has 0 aromatic heterocycles. The summed E-state index contributed by atoms with van der Waals surface area (Å²) in [6.45, 7) is 0.467. The lowest BCUT2D eigenvalue weighted by atomic mass is 10.1. The van der Waals surface area contributed by atoms with Gasteiger partial charge in [0.25, 0.3) is 6.02 Å². The Balaban J connectivity index is 2.27. The van der Waals surface area contributed by atoms with Gasteiger partial charge in [0.1, 0.15) is 18.4 Å². The molecule has 1 aliphatic heterocycles. The van der Waals surface area contributed by atoms with E-state index in [1.807, 2.05) is 18.2 Å². The fourth-order valence-corrected chi connectivity index (χ4v) is 1.72. The van der Waals surface area contributed by atoms with E-state index in [9.17, 15) is 0 Å². The zero-order chi connectivity index (χ0) is 10.8. The zero-order valence-corrected chi connectivity index (χ0v) is 8.99. The van der Waals surface area contributed by atoms with Gasteiger partial charge in [-0.25, -0.2) is 4.99 Å². The first-order chi connectivity index (χ1) is 7.20. The van der Waals surface area contributed by atoms with Crippen molar-refractivity contribution in [3.05, 3.63) is 28.8 Å². The van der Waals surface area contributed by atoms with Gasteiger partial charge in [-0.2, -0.15) is 0 Å². The number of aliphatic imine (C=N–C) groups is 1. The van der Waals surface area contributed by atoms with Gasteiger partial charge in [-0.05, 0) is 17.7 Å². The largest absolute Gasteiger partial charge is 0.495 e. The second-order valence-electron chi connectivity index (χ2n) is 3.19. The Morgan fingerprint density at radius 2 is 2.40 bits per heavy atom. The maximum absolute atomic E-state index is 6.00. The first-order valence-corrected chi connectivity index (χ1v) is 4.88. The molecule has 15 heavy (non-hydrogen) atoms. The summed E-state index contributed by atoms with van der Waals surface area (Å²) in [7, 11) is 1.58. The molecule has 0 unspecified atom stereocenters. The van der Waals surface area contributed by atoms with Crippen LogP contribution in [0.1, 0.15) is 11.6 Å². The summed E-state index contributed by atoms with van der Waals surface area (Å²) in [4.78, 5) is 4.13. The van der Waals surface area contributed by atoms with Gasteiger partial charge < -0.3 is 15.2 Å². The summed E-state index contributed by atoms with van der Waals surface area (Å²) in [5.41, 5.74) is 6.40. The Bertz CT molecular complexity index is 406. The fourth-order valence-electron chi connectivity index (χ4n) is 1.45. The Morgan fingerprint density at radius 3 is 2.93 bits per heavy atom. The minimum Gasteiger partial charge on any atom is -0.495 e. The molecule has 0 spiro atoms. The number of hydrogen-bond donors (Lipinski definition) is 1. The van der Waals surface area contributed by atoms with Gasteiger partial charge in [0.2, 0.25) is 0 Å². The van der Waals surface area contributed by atoms with E-state index in [1.165, 1.54) is 0 Å². The van der Waals surface area contributed by atoms with Crippen molar-refractivity contribution in [2.24, 2.45) is 10.7 Å². The topological polar surface area (TPSA) is 56.8 Å². The van der Waals surface area contributed by atoms with E-state index in [-0.39, 0.29) is 12.1 Å². The summed E-state index contributed by atoms with van der Waals surface area (Å²) in [5, 5.41) is 0.565. The van der Waals surface area contributed by atoms with Gasteiger partial charge in [0.15, 0.2) is 0 Å². The number of benzene rings is 1. The second kappa shape index (κ2) is 3.98. The Labute approximate surface area is 92.7 Å². The van der Waals surface area contributed by atoms with Crippen LogP contribution in [0.2, 0.25) is 5.02 Å². The Kier molecular flexibility index (Phi) is 2.68. The number of rotatable bonds is 2. The lowest BCUT2D eigenvalue weighted by Crippen LogP contribution is -2.10. The normalized spacial score (nSPS) is 19.6. The molecule has 0 saturated heterocycles. The molecule has 2 N–H and O–H groups in total. The van der Waals surface area contributed by atoms with Crippen molar-refractivity contribution < 1.29 is 9.47 Å². The van der Waals surface area contributed by atoms with Gasteiger partial charge in [-0.15, -0.1) is 0 Å². The molecule has 4 nitrogen and oxygen atoms in total. The molecule has 1 atom stereocenters. The monoisotopic (exact) mass is 226 g/mol. The van der Waals surface area contributed by atoms with Crippen LogP contribution in [0.4, 0.5) is 0 Å². The maximum Gasteiger partial charge on any atom is 0.282 e. The van der Waals surface area contributed by atoms with Crippen LogP contribution in [0.25, 0.3) is 0 Å². The average Bonchev–Trinajstić information content (AvgIpc) is 2.65. The smallest absolute Gasteiger partial charge is 0.282 e. The number of nitrogens with two attached hydrogens (primary N) is 1. The third-order valence-electron chi connectivity index (χ3n) is 2.23. The summed E-state index contributed by atoms with van der Waals surface area (Å²) in [6.07, 6.45) is 0. The second-order valence-corrected chi connectivity index (χ2v) is 3.60. The first-order valence-electron chi connectivity index (χ1n) is 4.50. The highest BCUT2D eigenvalue weighted by Crippen LogP contribution is 2.30. The SMILES string of the molecule is COc1ccc([C@@H]2COC(N)=N2)cc1Cl. The number of nitrogens with zero attached hydrogens (tertiary/aromatic N) is 1. The molecule has 5 heteroatoms. The predicted octanol–water partition coefficient (Wildman–Crippen LogP) is 1.73. The summed E-state index contributed by atoms with van der Waals surface area (Å²) < 4.78 is 10.1. The molecule has 0 radical (unpaired) electrons. The van der Waals surface area contributed by atoms with E-state index in [4.69, 9.17) is 26.8 Å². The van der Waals surface area contributed by atoms with E-state index in [0.717, 1.165) is 5.56 Å². The average molecular weight is 227 g/mol. The van der Waals surface area contributed by atoms with Crippen LogP contribution < -0.4 is 10.5 Å². The highest BCUT2D eigenvalue weighted by Gasteiger charge is 2.19. The van der Waals surface area contributed by atoms with E-state index in [2.05, 4.69) is 4.99 Å². The quantitative estimate of drug-likeness (QED) is 0.836. The van der Waals surface area contributed by atoms with Crippen LogP contribution in [0.5, 0.6) is 5.75 Å². The van der Waals surface area contributed by atoms with Gasteiger partial charge >= 0.3 is 0 Å². The standard InChI is InChI=1S/C10H11ClN2O2/c1-14-9-3-2-6(4-7(9)11)8-5-15-10(12)13-8/h2-4,8H,5H2,1H3,(H2,12,13)/t8-/m0/s1. The molecule has 0 amide bonds. The molecule has 1 aromatic rings. The van der Waals surface area contributed by atoms with Crippen molar-refractivity contribution in [1.29, 1.82) is 0 Å². The summed E-state index contributed by atoms with van der Waals surface area (Å²) >= 11 is 6.00. The van der Waals surface area contributed by atoms with Gasteiger partial charge in [0.05, 0.1) is 12.1 Å². The lowest BCUT2D eigenvalue weighted by Gasteiger charge is -2.08. The maximum atomic E-state index is 6.00. The minimum atomic E-state index is -0.0617. The summed E-state index contributed by atoms with van der Waals surface area (Å²) in [5.74, 6) is 0.649. The van der Waals surface area contributed by atoms with Crippen molar-refractivity contribution >= 4 is 17.6 Å². The molecule has 1 aromatic carbocycles.